The zero-order chi connectivity index (χ0) is 10.7. The topological polar surface area (TPSA) is 67.8 Å². The Hall–Kier alpha value is -1.53. The molecule has 15 heavy (non-hydrogen) atoms. The Morgan fingerprint density at radius 2 is 2.33 bits per heavy atom. The average molecular weight is 241 g/mol. The van der Waals surface area contributed by atoms with Gasteiger partial charge in [0.15, 0.2) is 5.82 Å². The van der Waals surface area contributed by atoms with Crippen LogP contribution >= 0.6 is 22.9 Å². The third kappa shape index (κ3) is 2.48. The monoisotopic (exact) mass is 240 g/mol. The molecule has 0 aliphatic heterocycles. The predicted octanol–water partition coefficient (Wildman–Crippen LogP) is 1.84. The summed E-state index contributed by atoms with van der Waals surface area (Å²) in [6, 6.07) is 0. The van der Waals surface area contributed by atoms with E-state index >= 15 is 0 Å². The van der Waals surface area contributed by atoms with Gasteiger partial charge in [-0.15, -0.1) is 11.3 Å². The van der Waals surface area contributed by atoms with Gasteiger partial charge < -0.3 is 5.32 Å². The van der Waals surface area contributed by atoms with Crippen LogP contribution in [0.25, 0.3) is 0 Å². The molecular weight excluding hydrogens is 236 g/mol. The van der Waals surface area contributed by atoms with Crippen LogP contribution < -0.4 is 5.32 Å². The van der Waals surface area contributed by atoms with Crippen molar-refractivity contribution in [3.63, 3.8) is 0 Å². The first kappa shape index (κ1) is 10.0. The molecule has 7 heteroatoms. The maximum atomic E-state index is 11.5. The van der Waals surface area contributed by atoms with E-state index < -0.39 is 0 Å². The smallest absolute Gasteiger partial charge is 0.276 e. The Kier molecular flexibility index (Phi) is 2.89. The lowest BCUT2D eigenvalue weighted by Gasteiger charge is -2.00. The van der Waals surface area contributed by atoms with Crippen molar-refractivity contribution in [2.24, 2.45) is 0 Å². The molecule has 2 aromatic rings. The minimum atomic E-state index is -0.326. The highest BCUT2D eigenvalue weighted by atomic mass is 35.5. The largest absolute Gasteiger partial charge is 0.304 e. The Labute approximate surface area is 94.2 Å². The van der Waals surface area contributed by atoms with E-state index in [2.05, 4.69) is 20.3 Å². The van der Waals surface area contributed by atoms with E-state index in [4.69, 9.17) is 11.6 Å². The van der Waals surface area contributed by atoms with E-state index in [1.54, 1.807) is 10.9 Å². The summed E-state index contributed by atoms with van der Waals surface area (Å²) in [5, 5.41) is 4.41. The molecule has 0 spiro atoms. The van der Waals surface area contributed by atoms with Crippen molar-refractivity contribution in [3.8, 4) is 0 Å². The molecule has 0 bridgehead atoms. The molecule has 0 aliphatic rings. The molecule has 0 saturated heterocycles. The molecule has 1 amide bonds. The molecule has 0 unspecified atom stereocenters. The van der Waals surface area contributed by atoms with E-state index in [1.165, 1.54) is 23.7 Å². The van der Waals surface area contributed by atoms with Gasteiger partial charge in [-0.2, -0.15) is 0 Å². The summed E-state index contributed by atoms with van der Waals surface area (Å²) in [4.78, 5) is 23.0. The van der Waals surface area contributed by atoms with Crippen LogP contribution in [0.3, 0.4) is 0 Å². The summed E-state index contributed by atoms with van der Waals surface area (Å²) in [6.07, 6.45) is 2.80. The normalized spacial score (nSPS) is 9.93. The SMILES string of the molecule is O=C(Nc1cncc(Cl)n1)c1cscn1. The fraction of sp³-hybridized carbons (Fsp3) is 0. The van der Waals surface area contributed by atoms with Gasteiger partial charge in [0.25, 0.3) is 5.91 Å². The van der Waals surface area contributed by atoms with E-state index in [0.29, 0.717) is 11.5 Å². The number of halogens is 1. The summed E-state index contributed by atoms with van der Waals surface area (Å²) in [7, 11) is 0. The van der Waals surface area contributed by atoms with Crippen LogP contribution in [0.15, 0.2) is 23.3 Å². The number of nitrogens with zero attached hydrogens (tertiary/aromatic N) is 3. The zero-order valence-corrected chi connectivity index (χ0v) is 8.92. The minimum absolute atomic E-state index is 0.228. The first-order chi connectivity index (χ1) is 7.25. The molecule has 0 aromatic carbocycles. The second-order valence-corrected chi connectivity index (χ2v) is 3.66. The number of anilines is 1. The van der Waals surface area contributed by atoms with Gasteiger partial charge in [-0.25, -0.2) is 9.97 Å². The molecule has 1 N–H and O–H groups in total. The first-order valence-corrected chi connectivity index (χ1v) is 5.25. The van der Waals surface area contributed by atoms with Crippen molar-refractivity contribution in [3.05, 3.63) is 34.1 Å². The fourth-order valence-electron chi connectivity index (χ4n) is 0.907. The Balaban J connectivity index is 2.13. The molecule has 2 rings (SSSR count). The number of aromatic nitrogens is 3. The van der Waals surface area contributed by atoms with Crippen molar-refractivity contribution < 1.29 is 4.79 Å². The number of rotatable bonds is 2. The second-order valence-electron chi connectivity index (χ2n) is 2.55. The lowest BCUT2D eigenvalue weighted by molar-refractivity contribution is 0.102. The molecule has 5 nitrogen and oxygen atoms in total. The van der Waals surface area contributed by atoms with Crippen LogP contribution in [0.1, 0.15) is 10.5 Å². The van der Waals surface area contributed by atoms with Gasteiger partial charge >= 0.3 is 0 Å². The third-order valence-electron chi connectivity index (χ3n) is 1.51. The van der Waals surface area contributed by atoms with Crippen LogP contribution in [-0.4, -0.2) is 20.9 Å². The first-order valence-electron chi connectivity index (χ1n) is 3.93. The average Bonchev–Trinajstić information content (AvgIpc) is 2.70. The van der Waals surface area contributed by atoms with Crippen LogP contribution in [-0.2, 0) is 0 Å². The number of carbonyl (C=O) groups is 1. The zero-order valence-electron chi connectivity index (χ0n) is 7.35. The number of carbonyl (C=O) groups excluding carboxylic acids is 1. The van der Waals surface area contributed by atoms with Crippen molar-refractivity contribution in [1.29, 1.82) is 0 Å². The van der Waals surface area contributed by atoms with Gasteiger partial charge in [-0.1, -0.05) is 11.6 Å². The van der Waals surface area contributed by atoms with Crippen molar-refractivity contribution in [2.75, 3.05) is 5.32 Å². The van der Waals surface area contributed by atoms with Crippen LogP contribution in [0.4, 0.5) is 5.82 Å². The van der Waals surface area contributed by atoms with Crippen LogP contribution in [0, 0.1) is 0 Å². The summed E-state index contributed by atoms with van der Waals surface area (Å²) >= 11 is 6.96. The lowest BCUT2D eigenvalue weighted by Crippen LogP contribution is -2.13. The quantitative estimate of drug-likeness (QED) is 0.870. The molecule has 0 aliphatic carbocycles. The highest BCUT2D eigenvalue weighted by Crippen LogP contribution is 2.09. The molecule has 0 radical (unpaired) electrons. The molecule has 2 aromatic heterocycles. The maximum Gasteiger partial charge on any atom is 0.276 e. The number of nitrogens with one attached hydrogen (secondary N) is 1. The van der Waals surface area contributed by atoms with Crippen LogP contribution in [0.2, 0.25) is 5.15 Å². The molecule has 76 valence electrons. The van der Waals surface area contributed by atoms with E-state index in [9.17, 15) is 4.79 Å². The maximum absolute atomic E-state index is 11.5. The standard InChI is InChI=1S/C8H5ClN4OS/c9-6-1-10-2-7(12-6)13-8(14)5-3-15-4-11-5/h1-4H,(H,12,13,14). The lowest BCUT2D eigenvalue weighted by atomic mass is 10.4. The van der Waals surface area contributed by atoms with E-state index in [1.807, 2.05) is 0 Å². The van der Waals surface area contributed by atoms with Crippen molar-refractivity contribution >= 4 is 34.7 Å². The minimum Gasteiger partial charge on any atom is -0.304 e. The summed E-state index contributed by atoms with van der Waals surface area (Å²) in [5.41, 5.74) is 1.93. The van der Waals surface area contributed by atoms with Gasteiger partial charge in [0.1, 0.15) is 10.8 Å². The third-order valence-corrected chi connectivity index (χ3v) is 2.28. The highest BCUT2D eigenvalue weighted by molar-refractivity contribution is 7.07. The van der Waals surface area contributed by atoms with E-state index in [0.717, 1.165) is 0 Å². The fourth-order valence-corrected chi connectivity index (χ4v) is 1.59. The molecule has 0 saturated carbocycles. The molecule has 2 heterocycles. The summed E-state index contributed by atoms with van der Waals surface area (Å²) in [6.45, 7) is 0. The van der Waals surface area contributed by atoms with Crippen LogP contribution in [0.5, 0.6) is 0 Å². The number of hydrogen-bond donors (Lipinski definition) is 1. The number of hydrogen-bond acceptors (Lipinski definition) is 5. The van der Waals surface area contributed by atoms with E-state index in [-0.39, 0.29) is 11.1 Å². The summed E-state index contributed by atoms with van der Waals surface area (Å²) < 4.78 is 0. The van der Waals surface area contributed by atoms with Gasteiger partial charge in [0.05, 0.1) is 17.9 Å². The number of amides is 1. The van der Waals surface area contributed by atoms with Gasteiger partial charge in [0, 0.05) is 5.38 Å². The molecule has 0 atom stereocenters. The number of thiazole rings is 1. The van der Waals surface area contributed by atoms with Gasteiger partial charge in [-0.3, -0.25) is 9.78 Å². The van der Waals surface area contributed by atoms with Crippen molar-refractivity contribution in [1.82, 2.24) is 15.0 Å². The Morgan fingerprint density at radius 1 is 1.47 bits per heavy atom. The molecular formula is C8H5ClN4OS. The molecule has 0 fully saturated rings. The second kappa shape index (κ2) is 4.33. The summed E-state index contributed by atoms with van der Waals surface area (Å²) in [5.74, 6) is -0.0201. The van der Waals surface area contributed by atoms with Gasteiger partial charge in [0.2, 0.25) is 0 Å². The van der Waals surface area contributed by atoms with Crippen molar-refractivity contribution in [2.45, 2.75) is 0 Å². The predicted molar refractivity (Wildman–Crippen MR) is 57.1 cm³/mol. The highest BCUT2D eigenvalue weighted by Gasteiger charge is 2.08. The Morgan fingerprint density at radius 3 is 3.00 bits per heavy atom. The Bertz CT molecular complexity index is 473. The van der Waals surface area contributed by atoms with Gasteiger partial charge in [-0.05, 0) is 0 Å².